The molecular weight excluding hydrogens is 222 g/mol. The minimum atomic E-state index is -0.530. The fraction of sp³-hybridized carbons (Fsp3) is 0.188. The normalized spacial score (nSPS) is 11.2. The molecular formula is C16H17NO. The van der Waals surface area contributed by atoms with E-state index in [-0.39, 0.29) is 5.78 Å². The second kappa shape index (κ2) is 4.65. The number of ketones is 1. The van der Waals surface area contributed by atoms with Crippen LogP contribution >= 0.6 is 0 Å². The van der Waals surface area contributed by atoms with Gasteiger partial charge >= 0.3 is 0 Å². The summed E-state index contributed by atoms with van der Waals surface area (Å²) in [6, 6.07) is 16.9. The van der Waals surface area contributed by atoms with E-state index in [2.05, 4.69) is 0 Å². The molecule has 0 aliphatic carbocycles. The Balaban J connectivity index is 2.36. The molecule has 2 aromatic rings. The van der Waals surface area contributed by atoms with E-state index in [9.17, 15) is 4.79 Å². The summed E-state index contributed by atoms with van der Waals surface area (Å²) < 4.78 is 0. The molecule has 0 amide bonds. The number of hydrogen-bond acceptors (Lipinski definition) is 2. The number of carbonyl (C=O) groups excluding carboxylic acids is 1. The van der Waals surface area contributed by atoms with Crippen molar-refractivity contribution in [3.8, 4) is 0 Å². The molecule has 0 spiro atoms. The lowest BCUT2D eigenvalue weighted by atomic mass is 9.78. The van der Waals surface area contributed by atoms with Crippen molar-refractivity contribution in [3.63, 3.8) is 0 Å². The Labute approximate surface area is 107 Å². The summed E-state index contributed by atoms with van der Waals surface area (Å²) in [5.41, 5.74) is 7.49. The van der Waals surface area contributed by atoms with Gasteiger partial charge in [0.2, 0.25) is 0 Å². The standard InChI is InChI=1S/C16H17NO/c1-16(2,13-6-4-3-5-7-13)15(18)12-8-10-14(17)11-9-12/h3-11H,17H2,1-2H3. The van der Waals surface area contributed by atoms with Crippen LogP contribution in [-0.2, 0) is 5.41 Å². The smallest absolute Gasteiger partial charge is 0.172 e. The van der Waals surface area contributed by atoms with Crippen molar-refractivity contribution in [2.45, 2.75) is 19.3 Å². The molecule has 2 heteroatoms. The summed E-state index contributed by atoms with van der Waals surface area (Å²) >= 11 is 0. The molecule has 0 fully saturated rings. The molecule has 18 heavy (non-hydrogen) atoms. The molecule has 0 radical (unpaired) electrons. The molecule has 2 rings (SSSR count). The third kappa shape index (κ3) is 2.28. The van der Waals surface area contributed by atoms with Gasteiger partial charge in [0.15, 0.2) is 5.78 Å². The number of nitrogens with two attached hydrogens (primary N) is 1. The third-order valence-corrected chi connectivity index (χ3v) is 3.24. The summed E-state index contributed by atoms with van der Waals surface area (Å²) in [4.78, 5) is 12.5. The Kier molecular flexibility index (Phi) is 3.19. The monoisotopic (exact) mass is 239 g/mol. The molecule has 2 aromatic carbocycles. The minimum Gasteiger partial charge on any atom is -0.399 e. The highest BCUT2D eigenvalue weighted by atomic mass is 16.1. The third-order valence-electron chi connectivity index (χ3n) is 3.24. The maximum absolute atomic E-state index is 12.5. The first-order valence-electron chi connectivity index (χ1n) is 5.97. The van der Waals surface area contributed by atoms with Crippen LogP contribution in [0.25, 0.3) is 0 Å². The molecule has 0 saturated heterocycles. The van der Waals surface area contributed by atoms with Crippen LogP contribution < -0.4 is 5.73 Å². The highest BCUT2D eigenvalue weighted by Crippen LogP contribution is 2.27. The second-order valence-electron chi connectivity index (χ2n) is 4.94. The zero-order valence-electron chi connectivity index (χ0n) is 10.7. The molecule has 0 unspecified atom stereocenters. The van der Waals surface area contributed by atoms with Crippen molar-refractivity contribution in [3.05, 3.63) is 65.7 Å². The molecule has 2 N–H and O–H groups in total. The first-order valence-corrected chi connectivity index (χ1v) is 5.97. The van der Waals surface area contributed by atoms with Gasteiger partial charge in [-0.05, 0) is 43.7 Å². The summed E-state index contributed by atoms with van der Waals surface area (Å²) in [5, 5.41) is 0. The number of anilines is 1. The predicted molar refractivity (Wildman–Crippen MR) is 74.7 cm³/mol. The lowest BCUT2D eigenvalue weighted by Crippen LogP contribution is -2.29. The molecule has 0 bridgehead atoms. The topological polar surface area (TPSA) is 43.1 Å². The predicted octanol–water partition coefficient (Wildman–Crippen LogP) is 3.43. The van der Waals surface area contributed by atoms with E-state index in [4.69, 9.17) is 5.73 Å². The van der Waals surface area contributed by atoms with Gasteiger partial charge in [-0.1, -0.05) is 30.3 Å². The maximum atomic E-state index is 12.5. The van der Waals surface area contributed by atoms with Gasteiger partial charge in [0, 0.05) is 11.3 Å². The number of carbonyl (C=O) groups is 1. The molecule has 0 aromatic heterocycles. The summed E-state index contributed by atoms with van der Waals surface area (Å²) in [6.45, 7) is 3.89. The van der Waals surface area contributed by atoms with E-state index in [1.165, 1.54) is 0 Å². The highest BCUT2D eigenvalue weighted by Gasteiger charge is 2.30. The van der Waals surface area contributed by atoms with E-state index >= 15 is 0 Å². The van der Waals surface area contributed by atoms with Crippen molar-refractivity contribution in [2.24, 2.45) is 0 Å². The van der Waals surface area contributed by atoms with Gasteiger partial charge < -0.3 is 5.73 Å². The fourth-order valence-corrected chi connectivity index (χ4v) is 1.98. The molecule has 0 saturated carbocycles. The van der Waals surface area contributed by atoms with E-state index < -0.39 is 5.41 Å². The summed E-state index contributed by atoms with van der Waals surface area (Å²) in [6.07, 6.45) is 0. The Morgan fingerprint density at radius 1 is 0.944 bits per heavy atom. The molecule has 0 atom stereocenters. The average Bonchev–Trinajstić information content (AvgIpc) is 2.40. The Bertz CT molecular complexity index is 541. The Hall–Kier alpha value is -2.09. The quantitative estimate of drug-likeness (QED) is 0.658. The zero-order chi connectivity index (χ0) is 13.2. The SMILES string of the molecule is CC(C)(C(=O)c1ccc(N)cc1)c1ccccc1. The van der Waals surface area contributed by atoms with Gasteiger partial charge in [-0.15, -0.1) is 0 Å². The van der Waals surface area contributed by atoms with Gasteiger partial charge in [-0.2, -0.15) is 0 Å². The second-order valence-corrected chi connectivity index (χ2v) is 4.94. The lowest BCUT2D eigenvalue weighted by molar-refractivity contribution is 0.0909. The van der Waals surface area contributed by atoms with Gasteiger partial charge in [0.1, 0.15) is 0 Å². The van der Waals surface area contributed by atoms with Crippen LogP contribution in [0.15, 0.2) is 54.6 Å². The van der Waals surface area contributed by atoms with Crippen LogP contribution in [0.3, 0.4) is 0 Å². The number of rotatable bonds is 3. The largest absolute Gasteiger partial charge is 0.399 e. The fourth-order valence-electron chi connectivity index (χ4n) is 1.98. The van der Waals surface area contributed by atoms with Crippen LogP contribution in [0, 0.1) is 0 Å². The Morgan fingerprint density at radius 3 is 2.06 bits per heavy atom. The van der Waals surface area contributed by atoms with E-state index in [0.717, 1.165) is 5.56 Å². The first-order chi connectivity index (χ1) is 8.51. The van der Waals surface area contributed by atoms with E-state index in [1.807, 2.05) is 44.2 Å². The molecule has 92 valence electrons. The summed E-state index contributed by atoms with van der Waals surface area (Å²) in [5.74, 6) is 0.105. The number of benzene rings is 2. The van der Waals surface area contributed by atoms with Crippen molar-refractivity contribution >= 4 is 11.5 Å². The Morgan fingerprint density at radius 2 is 1.50 bits per heavy atom. The lowest BCUT2D eigenvalue weighted by Gasteiger charge is -2.23. The van der Waals surface area contributed by atoms with Gasteiger partial charge in [0.25, 0.3) is 0 Å². The first kappa shape index (κ1) is 12.4. The zero-order valence-corrected chi connectivity index (χ0v) is 10.7. The minimum absolute atomic E-state index is 0.105. The van der Waals surface area contributed by atoms with Crippen LogP contribution in [0.1, 0.15) is 29.8 Å². The van der Waals surface area contributed by atoms with Gasteiger partial charge in [-0.3, -0.25) is 4.79 Å². The van der Waals surface area contributed by atoms with Gasteiger partial charge in [0.05, 0.1) is 5.41 Å². The number of hydrogen-bond donors (Lipinski definition) is 1. The van der Waals surface area contributed by atoms with Crippen molar-refractivity contribution in [2.75, 3.05) is 5.73 Å². The van der Waals surface area contributed by atoms with Crippen LogP contribution in [-0.4, -0.2) is 5.78 Å². The highest BCUT2D eigenvalue weighted by molar-refractivity contribution is 6.03. The molecule has 0 heterocycles. The molecule has 0 aliphatic rings. The van der Waals surface area contributed by atoms with E-state index in [0.29, 0.717) is 11.3 Å². The van der Waals surface area contributed by atoms with Crippen molar-refractivity contribution in [1.82, 2.24) is 0 Å². The number of nitrogen functional groups attached to an aromatic ring is 1. The van der Waals surface area contributed by atoms with Crippen LogP contribution in [0.5, 0.6) is 0 Å². The van der Waals surface area contributed by atoms with Gasteiger partial charge in [-0.25, -0.2) is 0 Å². The van der Waals surface area contributed by atoms with Crippen molar-refractivity contribution < 1.29 is 4.79 Å². The maximum Gasteiger partial charge on any atom is 0.172 e. The molecule has 2 nitrogen and oxygen atoms in total. The van der Waals surface area contributed by atoms with Crippen LogP contribution in [0.2, 0.25) is 0 Å². The molecule has 0 aliphatic heterocycles. The van der Waals surface area contributed by atoms with Crippen LogP contribution in [0.4, 0.5) is 5.69 Å². The van der Waals surface area contributed by atoms with Crippen molar-refractivity contribution in [1.29, 1.82) is 0 Å². The average molecular weight is 239 g/mol. The number of Topliss-reactive ketones (excluding diaryl/α,β-unsaturated/α-hetero) is 1. The summed E-state index contributed by atoms with van der Waals surface area (Å²) in [7, 11) is 0. The van der Waals surface area contributed by atoms with E-state index in [1.54, 1.807) is 24.3 Å².